The lowest BCUT2D eigenvalue weighted by molar-refractivity contribution is 0.613. The average molecular weight is 346 g/mol. The van der Waals surface area contributed by atoms with Gasteiger partial charge in [-0.1, -0.05) is 6.07 Å². The molecule has 2 aromatic rings. The fourth-order valence-electron chi connectivity index (χ4n) is 1.61. The highest BCUT2D eigenvalue weighted by Gasteiger charge is 2.13. The molecule has 4 nitrogen and oxygen atoms in total. The van der Waals surface area contributed by atoms with Gasteiger partial charge >= 0.3 is 0 Å². The Balaban J connectivity index is 2.20. The van der Waals surface area contributed by atoms with Crippen LogP contribution in [0.1, 0.15) is 17.4 Å². The van der Waals surface area contributed by atoms with Crippen molar-refractivity contribution in [3.63, 3.8) is 0 Å². The molecule has 0 bridgehead atoms. The van der Waals surface area contributed by atoms with Crippen LogP contribution >= 0.6 is 22.6 Å². The number of aryl methyl sites for hydroxylation is 1. The predicted octanol–water partition coefficient (Wildman–Crippen LogP) is 1.80. The molecule has 0 aliphatic carbocycles. The zero-order valence-electron chi connectivity index (χ0n) is 9.27. The molecule has 0 aliphatic heterocycles. The number of rotatable bonds is 3. The van der Waals surface area contributed by atoms with Crippen molar-refractivity contribution in [2.75, 3.05) is 0 Å². The topological polar surface area (TPSA) is 56.7 Å². The molecule has 0 fully saturated rings. The third kappa shape index (κ3) is 2.81. The van der Waals surface area contributed by atoms with Gasteiger partial charge in [-0.2, -0.15) is 5.10 Å². The highest BCUT2D eigenvalue weighted by molar-refractivity contribution is 14.1. The number of aromatic nitrogens is 3. The molecule has 1 aromatic carbocycles. The second-order valence-corrected chi connectivity index (χ2v) is 4.94. The Hall–Kier alpha value is -1.02. The highest BCUT2D eigenvalue weighted by atomic mass is 127. The van der Waals surface area contributed by atoms with Crippen molar-refractivity contribution in [1.82, 2.24) is 14.8 Å². The molecule has 0 spiro atoms. The van der Waals surface area contributed by atoms with Crippen molar-refractivity contribution in [2.45, 2.75) is 12.5 Å². The quantitative estimate of drug-likeness (QED) is 0.863. The second-order valence-electron chi connectivity index (χ2n) is 3.78. The van der Waals surface area contributed by atoms with Gasteiger partial charge in [-0.05, 0) is 40.3 Å². The van der Waals surface area contributed by atoms with E-state index in [2.05, 4.69) is 32.7 Å². The van der Waals surface area contributed by atoms with Gasteiger partial charge in [-0.3, -0.25) is 4.68 Å². The molecule has 2 rings (SSSR count). The van der Waals surface area contributed by atoms with Gasteiger partial charge in [0.2, 0.25) is 0 Å². The highest BCUT2D eigenvalue weighted by Crippen LogP contribution is 2.21. The summed E-state index contributed by atoms with van der Waals surface area (Å²) in [4.78, 5) is 4.12. The maximum Gasteiger partial charge on any atom is 0.138 e. The van der Waals surface area contributed by atoms with E-state index >= 15 is 0 Å². The zero-order chi connectivity index (χ0) is 12.4. The minimum atomic E-state index is -0.246. The summed E-state index contributed by atoms with van der Waals surface area (Å²) in [6.45, 7) is 0. The molecule has 17 heavy (non-hydrogen) atoms. The minimum absolute atomic E-state index is 0.203. The van der Waals surface area contributed by atoms with Crippen molar-refractivity contribution in [1.29, 1.82) is 0 Å². The van der Waals surface area contributed by atoms with Gasteiger partial charge in [0.1, 0.15) is 18.0 Å². The lowest BCUT2D eigenvalue weighted by Gasteiger charge is -2.13. The van der Waals surface area contributed by atoms with Crippen LogP contribution in [0.5, 0.6) is 0 Å². The van der Waals surface area contributed by atoms with Crippen LogP contribution in [-0.4, -0.2) is 14.8 Å². The van der Waals surface area contributed by atoms with Gasteiger partial charge in [-0.15, -0.1) is 0 Å². The third-order valence-corrected chi connectivity index (χ3v) is 3.50. The number of halogens is 2. The molecule has 1 heterocycles. The van der Waals surface area contributed by atoms with Crippen LogP contribution < -0.4 is 5.73 Å². The number of hydrogen-bond donors (Lipinski definition) is 1. The molecule has 0 saturated heterocycles. The summed E-state index contributed by atoms with van der Waals surface area (Å²) in [6.07, 6.45) is 2.08. The van der Waals surface area contributed by atoms with Crippen LogP contribution in [0.15, 0.2) is 24.5 Å². The van der Waals surface area contributed by atoms with Crippen LogP contribution in [0.3, 0.4) is 0 Å². The number of nitrogens with zero attached hydrogens (tertiary/aromatic N) is 3. The lowest BCUT2D eigenvalue weighted by Crippen LogP contribution is -2.17. The first kappa shape index (κ1) is 12.4. The first-order valence-corrected chi connectivity index (χ1v) is 6.19. The summed E-state index contributed by atoms with van der Waals surface area (Å²) in [5.41, 5.74) is 7.02. The molecule has 1 unspecified atom stereocenters. The molecular formula is C11H12FIN4. The zero-order valence-corrected chi connectivity index (χ0v) is 11.4. The number of nitrogens with two attached hydrogens (primary N) is 1. The Morgan fingerprint density at radius 1 is 1.53 bits per heavy atom. The molecule has 0 amide bonds. The van der Waals surface area contributed by atoms with E-state index in [0.29, 0.717) is 6.42 Å². The molecular weight excluding hydrogens is 334 g/mol. The van der Waals surface area contributed by atoms with Crippen LogP contribution in [-0.2, 0) is 13.5 Å². The Labute approximate surface area is 112 Å². The Morgan fingerprint density at radius 3 is 2.88 bits per heavy atom. The standard InChI is InChI=1S/C11H12FIN4/c1-17-11(15-6-16-17)5-10(14)8-3-2-7(12)4-9(8)13/h2-4,6,10H,5,14H2,1H3. The fourth-order valence-corrected chi connectivity index (χ4v) is 2.49. The van der Waals surface area contributed by atoms with Gasteiger partial charge in [-0.25, -0.2) is 9.37 Å². The fraction of sp³-hybridized carbons (Fsp3) is 0.273. The molecule has 2 N–H and O–H groups in total. The first-order valence-electron chi connectivity index (χ1n) is 5.11. The normalized spacial score (nSPS) is 12.7. The van der Waals surface area contributed by atoms with Gasteiger partial charge in [0, 0.05) is 23.1 Å². The molecule has 6 heteroatoms. The van der Waals surface area contributed by atoms with Gasteiger partial charge in [0.25, 0.3) is 0 Å². The van der Waals surface area contributed by atoms with Gasteiger partial charge in [0.05, 0.1) is 0 Å². The predicted molar refractivity (Wildman–Crippen MR) is 70.8 cm³/mol. The molecule has 0 aliphatic rings. The van der Waals surface area contributed by atoms with Crippen LogP contribution in [0.25, 0.3) is 0 Å². The van der Waals surface area contributed by atoms with E-state index < -0.39 is 0 Å². The summed E-state index contributed by atoms with van der Waals surface area (Å²) in [5.74, 6) is 0.571. The lowest BCUT2D eigenvalue weighted by atomic mass is 10.0. The summed E-state index contributed by atoms with van der Waals surface area (Å²) < 4.78 is 15.5. The monoisotopic (exact) mass is 346 g/mol. The van der Waals surface area contributed by atoms with E-state index in [1.54, 1.807) is 10.7 Å². The molecule has 90 valence electrons. The Bertz CT molecular complexity index is 526. The van der Waals surface area contributed by atoms with Crippen molar-refractivity contribution >= 4 is 22.6 Å². The van der Waals surface area contributed by atoms with E-state index in [1.165, 1.54) is 18.5 Å². The maximum atomic E-state index is 13.0. The van der Waals surface area contributed by atoms with Crippen LogP contribution in [0.2, 0.25) is 0 Å². The maximum absolute atomic E-state index is 13.0. The van der Waals surface area contributed by atoms with Crippen LogP contribution in [0.4, 0.5) is 4.39 Å². The van der Waals surface area contributed by atoms with E-state index in [9.17, 15) is 4.39 Å². The van der Waals surface area contributed by atoms with Crippen molar-refractivity contribution in [2.24, 2.45) is 12.8 Å². The summed E-state index contributed by atoms with van der Waals surface area (Å²) >= 11 is 2.09. The van der Waals surface area contributed by atoms with Crippen LogP contribution in [0, 0.1) is 9.39 Å². The largest absolute Gasteiger partial charge is 0.324 e. The Morgan fingerprint density at radius 2 is 2.29 bits per heavy atom. The van der Waals surface area contributed by atoms with Gasteiger partial charge < -0.3 is 5.73 Å². The molecule has 0 radical (unpaired) electrons. The van der Waals surface area contributed by atoms with E-state index in [1.807, 2.05) is 7.05 Å². The van der Waals surface area contributed by atoms with E-state index in [0.717, 1.165) is 15.0 Å². The average Bonchev–Trinajstić information content (AvgIpc) is 2.64. The van der Waals surface area contributed by atoms with Gasteiger partial charge in [0.15, 0.2) is 0 Å². The summed E-state index contributed by atoms with van der Waals surface area (Å²) in [7, 11) is 1.82. The molecule has 0 saturated carbocycles. The van der Waals surface area contributed by atoms with E-state index in [4.69, 9.17) is 5.73 Å². The smallest absolute Gasteiger partial charge is 0.138 e. The summed E-state index contributed by atoms with van der Waals surface area (Å²) in [5, 5.41) is 3.99. The number of benzene rings is 1. The van der Waals surface area contributed by atoms with E-state index in [-0.39, 0.29) is 11.9 Å². The van der Waals surface area contributed by atoms with Crippen molar-refractivity contribution in [3.8, 4) is 0 Å². The summed E-state index contributed by atoms with van der Waals surface area (Å²) in [6, 6.07) is 4.42. The molecule has 1 atom stereocenters. The Kier molecular flexibility index (Phi) is 3.72. The van der Waals surface area contributed by atoms with Crippen molar-refractivity contribution in [3.05, 3.63) is 45.3 Å². The third-order valence-electron chi connectivity index (χ3n) is 2.57. The second kappa shape index (κ2) is 5.09. The number of hydrogen-bond acceptors (Lipinski definition) is 3. The first-order chi connectivity index (χ1) is 8.08. The SMILES string of the molecule is Cn1ncnc1CC(N)c1ccc(F)cc1I. The molecule has 1 aromatic heterocycles. The van der Waals surface area contributed by atoms with Crippen molar-refractivity contribution < 1.29 is 4.39 Å². The minimum Gasteiger partial charge on any atom is -0.324 e.